The third-order valence-corrected chi connectivity index (χ3v) is 4.32. The normalized spacial score (nSPS) is 11.6. The lowest BCUT2D eigenvalue weighted by atomic mass is 10.1. The second-order valence-corrected chi connectivity index (χ2v) is 5.74. The maximum Gasteiger partial charge on any atom is 0.153 e. The van der Waals surface area contributed by atoms with E-state index in [0.717, 1.165) is 11.3 Å². The van der Waals surface area contributed by atoms with Gasteiger partial charge < -0.3 is 4.72 Å². The molecule has 116 valence electrons. The van der Waals surface area contributed by atoms with Crippen LogP contribution < -0.4 is 4.72 Å². The maximum absolute atomic E-state index is 12.4. The van der Waals surface area contributed by atoms with Crippen molar-refractivity contribution in [3.8, 4) is 0 Å². The van der Waals surface area contributed by atoms with E-state index in [0.29, 0.717) is 15.9 Å². The summed E-state index contributed by atoms with van der Waals surface area (Å²) in [6.45, 7) is 8.06. The lowest BCUT2D eigenvalue weighted by molar-refractivity contribution is 0.315. The van der Waals surface area contributed by atoms with Crippen molar-refractivity contribution in [1.82, 2.24) is 10.3 Å². The van der Waals surface area contributed by atoms with Gasteiger partial charge in [0.1, 0.15) is 5.52 Å². The zero-order valence-corrected chi connectivity index (χ0v) is 13.9. The molecule has 2 aromatic carbocycles. The number of aromatic nitrogens is 2. The Hall–Kier alpha value is -2.21. The first kappa shape index (κ1) is 16.2. The Morgan fingerprint density at radius 1 is 1.05 bits per heavy atom. The van der Waals surface area contributed by atoms with E-state index >= 15 is 0 Å². The van der Waals surface area contributed by atoms with E-state index in [1.54, 1.807) is 18.2 Å². The molecule has 0 aliphatic heterocycles. The van der Waals surface area contributed by atoms with Gasteiger partial charge in [0.2, 0.25) is 0 Å². The van der Waals surface area contributed by atoms with E-state index in [1.807, 2.05) is 45.9 Å². The molecule has 3 aromatic rings. The predicted octanol–water partition coefficient (Wildman–Crippen LogP) is 4.00. The van der Waals surface area contributed by atoms with Crippen LogP contribution in [0.15, 0.2) is 45.9 Å². The highest BCUT2D eigenvalue weighted by molar-refractivity contribution is 7.86. The number of anilines is 1. The zero-order chi connectivity index (χ0) is 16.1. The molecule has 1 heterocycles. The Balaban J connectivity index is 0.000000847. The van der Waals surface area contributed by atoms with Gasteiger partial charge in [-0.25, -0.2) is 8.84 Å². The summed E-state index contributed by atoms with van der Waals surface area (Å²) in [4.78, 5) is 0.557. The van der Waals surface area contributed by atoms with E-state index in [2.05, 4.69) is 19.7 Å². The van der Waals surface area contributed by atoms with Crippen LogP contribution in [0.4, 0.5) is 5.69 Å². The van der Waals surface area contributed by atoms with Crippen LogP contribution in [0.3, 0.4) is 0 Å². The number of hydrogen-bond acceptors (Lipinski definition) is 4. The fourth-order valence-corrected chi connectivity index (χ4v) is 2.87. The van der Waals surface area contributed by atoms with Gasteiger partial charge >= 0.3 is 0 Å². The Morgan fingerprint density at radius 3 is 2.55 bits per heavy atom. The second kappa shape index (κ2) is 7.17. The Kier molecular flexibility index (Phi) is 5.27. The molecule has 1 atom stereocenters. The molecule has 1 aromatic heterocycles. The summed E-state index contributed by atoms with van der Waals surface area (Å²) in [5, 5.41) is 7.54. The molecule has 3 rings (SSSR count). The first-order valence-corrected chi connectivity index (χ1v) is 8.27. The summed E-state index contributed by atoms with van der Waals surface area (Å²) >= 11 is 0. The Labute approximate surface area is 132 Å². The first-order valence-electron chi connectivity index (χ1n) is 7.12. The summed E-state index contributed by atoms with van der Waals surface area (Å²) in [6.07, 6.45) is 0. The van der Waals surface area contributed by atoms with Crippen LogP contribution in [0, 0.1) is 13.8 Å². The fourth-order valence-electron chi connectivity index (χ4n) is 1.90. The molecule has 0 radical (unpaired) electrons. The predicted molar refractivity (Wildman–Crippen MR) is 89.1 cm³/mol. The molecular weight excluding hydrogens is 298 g/mol. The number of hydrogen-bond donors (Lipinski definition) is 1. The van der Waals surface area contributed by atoms with E-state index in [-0.39, 0.29) is 0 Å². The van der Waals surface area contributed by atoms with Gasteiger partial charge in [-0.1, -0.05) is 26.0 Å². The number of nitrogens with zero attached hydrogens (tertiary/aromatic N) is 2. The number of rotatable bonds is 3. The molecule has 0 aliphatic rings. The van der Waals surface area contributed by atoms with Gasteiger partial charge in [0.25, 0.3) is 0 Å². The van der Waals surface area contributed by atoms with Crippen LogP contribution in [0.5, 0.6) is 0 Å². The Morgan fingerprint density at radius 2 is 1.82 bits per heavy atom. The minimum absolute atomic E-state index is 0.516. The molecule has 1 unspecified atom stereocenters. The largest absolute Gasteiger partial charge is 0.301 e. The van der Waals surface area contributed by atoms with Crippen LogP contribution in [-0.4, -0.2) is 14.5 Å². The fraction of sp³-hybridized carbons (Fsp3) is 0.250. The van der Waals surface area contributed by atoms with Gasteiger partial charge in [-0.3, -0.25) is 0 Å². The molecule has 0 spiro atoms. The van der Waals surface area contributed by atoms with Crippen LogP contribution in [0.1, 0.15) is 25.0 Å². The van der Waals surface area contributed by atoms with Crippen molar-refractivity contribution in [3.63, 3.8) is 0 Å². The molecule has 22 heavy (non-hydrogen) atoms. The van der Waals surface area contributed by atoms with Crippen molar-refractivity contribution in [2.45, 2.75) is 32.6 Å². The molecule has 0 fully saturated rings. The lowest BCUT2D eigenvalue weighted by Crippen LogP contribution is -2.05. The zero-order valence-electron chi connectivity index (χ0n) is 13.1. The topological polar surface area (TPSA) is 68.0 Å². The summed E-state index contributed by atoms with van der Waals surface area (Å²) in [5.41, 5.74) is 4.26. The number of benzene rings is 2. The smallest absolute Gasteiger partial charge is 0.153 e. The molecule has 0 amide bonds. The second-order valence-electron chi connectivity index (χ2n) is 4.56. The third kappa shape index (κ3) is 3.33. The lowest BCUT2D eigenvalue weighted by Gasteiger charge is -2.08. The van der Waals surface area contributed by atoms with E-state index in [9.17, 15) is 4.21 Å². The van der Waals surface area contributed by atoms with Crippen LogP contribution in [0.25, 0.3) is 11.0 Å². The molecule has 1 N–H and O–H groups in total. The van der Waals surface area contributed by atoms with E-state index in [1.165, 1.54) is 5.56 Å². The SMILES string of the molecule is CC.Cc1ccc(NS(=O)c2cccc3nonc23)cc1C. The van der Waals surface area contributed by atoms with Crippen molar-refractivity contribution < 1.29 is 8.84 Å². The molecule has 0 aliphatic carbocycles. The van der Waals surface area contributed by atoms with Gasteiger partial charge in [0.05, 0.1) is 4.90 Å². The third-order valence-electron chi connectivity index (χ3n) is 3.17. The molecule has 0 saturated carbocycles. The molecule has 6 heteroatoms. The minimum Gasteiger partial charge on any atom is -0.301 e. The van der Waals surface area contributed by atoms with E-state index in [4.69, 9.17) is 0 Å². The average molecular weight is 317 g/mol. The molecule has 0 saturated heterocycles. The molecule has 0 bridgehead atoms. The van der Waals surface area contributed by atoms with E-state index < -0.39 is 11.0 Å². The number of nitrogens with one attached hydrogen (secondary N) is 1. The van der Waals surface area contributed by atoms with Gasteiger partial charge in [-0.05, 0) is 59.6 Å². The molecule has 5 nitrogen and oxygen atoms in total. The summed E-state index contributed by atoms with van der Waals surface area (Å²) < 4.78 is 20.1. The first-order chi connectivity index (χ1) is 10.6. The molecular formula is C16H19N3O2S. The van der Waals surface area contributed by atoms with Gasteiger partial charge in [-0.15, -0.1) is 0 Å². The maximum atomic E-state index is 12.4. The van der Waals surface area contributed by atoms with Gasteiger partial charge in [0.15, 0.2) is 16.5 Å². The summed E-state index contributed by atoms with van der Waals surface area (Å²) in [7, 11) is -1.41. The summed E-state index contributed by atoms with van der Waals surface area (Å²) in [5.74, 6) is 0. The number of fused-ring (bicyclic) bond motifs is 1. The quantitative estimate of drug-likeness (QED) is 0.793. The van der Waals surface area contributed by atoms with Crippen molar-refractivity contribution in [3.05, 3.63) is 47.5 Å². The van der Waals surface area contributed by atoms with Gasteiger partial charge in [-0.2, -0.15) is 0 Å². The van der Waals surface area contributed by atoms with Crippen molar-refractivity contribution >= 4 is 27.7 Å². The monoisotopic (exact) mass is 317 g/mol. The van der Waals surface area contributed by atoms with Crippen molar-refractivity contribution in [1.29, 1.82) is 0 Å². The highest BCUT2D eigenvalue weighted by Crippen LogP contribution is 2.21. The van der Waals surface area contributed by atoms with Crippen LogP contribution in [0.2, 0.25) is 0 Å². The minimum atomic E-state index is -1.41. The average Bonchev–Trinajstić information content (AvgIpc) is 3.01. The van der Waals surface area contributed by atoms with Crippen molar-refractivity contribution in [2.75, 3.05) is 4.72 Å². The highest BCUT2D eigenvalue weighted by Gasteiger charge is 2.12. The standard InChI is InChI=1S/C14H13N3O2S.C2H6/c1-9-6-7-11(8-10(9)2)17-20(18)13-5-3-4-12-14(13)16-19-15-12;1-2/h3-8,17H,1-2H3;1-2H3. The van der Waals surface area contributed by atoms with Crippen LogP contribution >= 0.6 is 0 Å². The Bertz CT molecular complexity index is 799. The highest BCUT2D eigenvalue weighted by atomic mass is 32.2. The van der Waals surface area contributed by atoms with Crippen LogP contribution in [-0.2, 0) is 11.0 Å². The van der Waals surface area contributed by atoms with Gasteiger partial charge in [0, 0.05) is 5.69 Å². The number of aryl methyl sites for hydroxylation is 2. The van der Waals surface area contributed by atoms with Crippen molar-refractivity contribution in [2.24, 2.45) is 0 Å². The summed E-state index contributed by atoms with van der Waals surface area (Å²) in [6, 6.07) is 11.2.